The third-order valence-corrected chi connectivity index (χ3v) is 6.03. The number of carbonyl (C=O) groups excluding carboxylic acids is 2. The molecule has 4 aromatic rings. The Morgan fingerprint density at radius 2 is 1.55 bits per heavy atom. The molecule has 0 saturated carbocycles. The number of rotatable bonds is 6. The standard InChI is InChI=1S/C27H19ClF6N4O2/c1-37(23-15-22(27(32,33)34)36-38(23)21-4-2-3-19(28)14-21)24(39)13-16-5-7-17(8-6-16)25(40)35-20-11-9-18(10-12-20)26(29,30)31/h2-12,14-15H,13H2,1H3,(H,35,40). The van der Waals surface area contributed by atoms with Gasteiger partial charge in [-0.15, -0.1) is 0 Å². The van der Waals surface area contributed by atoms with Crippen LogP contribution in [0.3, 0.4) is 0 Å². The zero-order valence-corrected chi connectivity index (χ0v) is 21.3. The number of amides is 2. The van der Waals surface area contributed by atoms with Crippen molar-refractivity contribution in [3.63, 3.8) is 0 Å². The van der Waals surface area contributed by atoms with E-state index in [0.717, 1.165) is 39.9 Å². The van der Waals surface area contributed by atoms with E-state index in [-0.39, 0.29) is 34.2 Å². The smallest absolute Gasteiger partial charge is 0.322 e. The summed E-state index contributed by atoms with van der Waals surface area (Å²) in [6, 6.07) is 16.5. The van der Waals surface area contributed by atoms with E-state index in [9.17, 15) is 35.9 Å². The summed E-state index contributed by atoms with van der Waals surface area (Å²) in [5, 5.41) is 6.38. The Hall–Kier alpha value is -4.32. The maximum absolute atomic E-state index is 13.4. The lowest BCUT2D eigenvalue weighted by molar-refractivity contribution is -0.141. The van der Waals surface area contributed by atoms with E-state index < -0.39 is 35.4 Å². The number of anilines is 2. The first-order chi connectivity index (χ1) is 18.7. The molecule has 0 aliphatic heterocycles. The van der Waals surface area contributed by atoms with E-state index in [0.29, 0.717) is 5.56 Å². The fourth-order valence-corrected chi connectivity index (χ4v) is 3.87. The Balaban J connectivity index is 1.47. The molecule has 4 rings (SSSR count). The van der Waals surface area contributed by atoms with Crippen molar-refractivity contribution in [2.24, 2.45) is 0 Å². The third kappa shape index (κ3) is 6.63. The molecule has 0 radical (unpaired) electrons. The van der Waals surface area contributed by atoms with Gasteiger partial charge in [0, 0.05) is 29.4 Å². The summed E-state index contributed by atoms with van der Waals surface area (Å²) in [5.41, 5.74) is -1.01. The first-order valence-corrected chi connectivity index (χ1v) is 11.9. The molecule has 0 atom stereocenters. The lowest BCUT2D eigenvalue weighted by Gasteiger charge is -2.19. The van der Waals surface area contributed by atoms with E-state index in [2.05, 4.69) is 10.4 Å². The van der Waals surface area contributed by atoms with Crippen LogP contribution in [0.5, 0.6) is 0 Å². The van der Waals surface area contributed by atoms with Crippen LogP contribution in [-0.2, 0) is 23.6 Å². The van der Waals surface area contributed by atoms with Crippen molar-refractivity contribution in [2.45, 2.75) is 18.8 Å². The van der Waals surface area contributed by atoms with Crippen molar-refractivity contribution < 1.29 is 35.9 Å². The molecule has 1 heterocycles. The minimum Gasteiger partial charge on any atom is -0.322 e. The van der Waals surface area contributed by atoms with Crippen LogP contribution in [0.15, 0.2) is 78.9 Å². The second-order valence-corrected chi connectivity index (χ2v) is 9.07. The Morgan fingerprint density at radius 3 is 2.12 bits per heavy atom. The highest BCUT2D eigenvalue weighted by atomic mass is 35.5. The van der Waals surface area contributed by atoms with Gasteiger partial charge in [0.2, 0.25) is 5.91 Å². The summed E-state index contributed by atoms with van der Waals surface area (Å²) in [4.78, 5) is 26.5. The van der Waals surface area contributed by atoms with Crippen LogP contribution >= 0.6 is 11.6 Å². The summed E-state index contributed by atoms with van der Waals surface area (Å²) >= 11 is 5.98. The van der Waals surface area contributed by atoms with Gasteiger partial charge >= 0.3 is 12.4 Å². The fourth-order valence-electron chi connectivity index (χ4n) is 3.69. The molecular weight excluding hydrogens is 562 g/mol. The first kappa shape index (κ1) is 28.7. The number of nitrogens with one attached hydrogen (secondary N) is 1. The highest BCUT2D eigenvalue weighted by molar-refractivity contribution is 6.30. The molecule has 0 bridgehead atoms. The van der Waals surface area contributed by atoms with Gasteiger partial charge in [-0.2, -0.15) is 31.4 Å². The maximum Gasteiger partial charge on any atom is 0.435 e. The van der Waals surface area contributed by atoms with Crippen molar-refractivity contribution in [3.05, 3.63) is 106 Å². The van der Waals surface area contributed by atoms with Gasteiger partial charge in [0.05, 0.1) is 17.7 Å². The molecule has 0 aliphatic carbocycles. The molecule has 6 nitrogen and oxygen atoms in total. The molecule has 0 spiro atoms. The van der Waals surface area contributed by atoms with E-state index in [1.165, 1.54) is 49.5 Å². The predicted molar refractivity (Wildman–Crippen MR) is 137 cm³/mol. The number of carbonyl (C=O) groups is 2. The summed E-state index contributed by atoms with van der Waals surface area (Å²) < 4.78 is 79.3. The van der Waals surface area contributed by atoms with Gasteiger partial charge in [-0.25, -0.2) is 4.68 Å². The molecule has 40 heavy (non-hydrogen) atoms. The van der Waals surface area contributed by atoms with E-state index in [4.69, 9.17) is 11.6 Å². The topological polar surface area (TPSA) is 67.2 Å². The van der Waals surface area contributed by atoms with E-state index in [1.54, 1.807) is 6.07 Å². The van der Waals surface area contributed by atoms with Crippen LogP contribution < -0.4 is 10.2 Å². The molecule has 3 aromatic carbocycles. The van der Waals surface area contributed by atoms with E-state index in [1.807, 2.05) is 0 Å². The Bertz CT molecular complexity index is 1530. The second-order valence-electron chi connectivity index (χ2n) is 8.63. The average Bonchev–Trinajstić information content (AvgIpc) is 3.35. The van der Waals surface area contributed by atoms with E-state index >= 15 is 0 Å². The van der Waals surface area contributed by atoms with Gasteiger partial charge in [-0.3, -0.25) is 14.5 Å². The summed E-state index contributed by atoms with van der Waals surface area (Å²) in [6.07, 6.45) is -9.46. The van der Waals surface area contributed by atoms with Crippen molar-refractivity contribution in [3.8, 4) is 5.69 Å². The highest BCUT2D eigenvalue weighted by Crippen LogP contribution is 2.33. The van der Waals surface area contributed by atoms with Gasteiger partial charge in [-0.05, 0) is 60.2 Å². The van der Waals surface area contributed by atoms with Crippen LogP contribution in [0.1, 0.15) is 27.2 Å². The molecule has 0 saturated heterocycles. The molecule has 1 aromatic heterocycles. The van der Waals surface area contributed by atoms with Gasteiger partial charge in [0.15, 0.2) is 5.69 Å². The molecular formula is C27H19ClF6N4O2. The number of halogens is 7. The second kappa shape index (κ2) is 11.0. The Labute approximate surface area is 228 Å². The number of hydrogen-bond acceptors (Lipinski definition) is 3. The predicted octanol–water partition coefficient (Wildman–Crippen LogP) is 7.02. The minimum absolute atomic E-state index is 0.132. The maximum atomic E-state index is 13.4. The number of alkyl halides is 6. The monoisotopic (exact) mass is 580 g/mol. The summed E-state index contributed by atoms with van der Waals surface area (Å²) in [6.45, 7) is 0. The molecule has 208 valence electrons. The Morgan fingerprint density at radius 1 is 0.900 bits per heavy atom. The lowest BCUT2D eigenvalue weighted by atomic mass is 10.1. The number of aromatic nitrogens is 2. The van der Waals surface area contributed by atoms with Crippen molar-refractivity contribution in [2.75, 3.05) is 17.3 Å². The number of hydrogen-bond donors (Lipinski definition) is 1. The van der Waals surface area contributed by atoms with Crippen molar-refractivity contribution in [1.29, 1.82) is 0 Å². The molecule has 2 amide bonds. The van der Waals surface area contributed by atoms with Gasteiger partial charge < -0.3 is 5.32 Å². The molecule has 1 N–H and O–H groups in total. The Kier molecular flexibility index (Phi) is 7.92. The average molecular weight is 581 g/mol. The van der Waals surface area contributed by atoms with Gasteiger partial charge in [0.25, 0.3) is 5.91 Å². The first-order valence-electron chi connectivity index (χ1n) is 11.5. The normalized spacial score (nSPS) is 11.8. The minimum atomic E-state index is -4.75. The van der Waals surface area contributed by atoms with Crippen LogP contribution in [-0.4, -0.2) is 28.6 Å². The highest BCUT2D eigenvalue weighted by Gasteiger charge is 2.36. The van der Waals surface area contributed by atoms with Crippen LogP contribution in [0.2, 0.25) is 5.02 Å². The van der Waals surface area contributed by atoms with Crippen LogP contribution in [0.4, 0.5) is 37.8 Å². The molecule has 0 fully saturated rings. The SMILES string of the molecule is CN(C(=O)Cc1ccc(C(=O)Nc2ccc(C(F)(F)F)cc2)cc1)c1cc(C(F)(F)F)nn1-c1cccc(Cl)c1. The molecule has 0 aliphatic rings. The quantitative estimate of drug-likeness (QED) is 0.249. The van der Waals surface area contributed by atoms with Gasteiger partial charge in [-0.1, -0.05) is 29.8 Å². The number of nitrogens with zero attached hydrogens (tertiary/aromatic N) is 3. The van der Waals surface area contributed by atoms with Gasteiger partial charge in [0.1, 0.15) is 5.82 Å². The summed E-state index contributed by atoms with van der Waals surface area (Å²) in [7, 11) is 1.31. The van der Waals surface area contributed by atoms with Crippen molar-refractivity contribution >= 4 is 34.9 Å². The largest absolute Gasteiger partial charge is 0.435 e. The molecule has 13 heteroatoms. The zero-order chi connectivity index (χ0) is 29.2. The van der Waals surface area contributed by atoms with Crippen LogP contribution in [0, 0.1) is 0 Å². The fraction of sp³-hybridized carbons (Fsp3) is 0.148. The van der Waals surface area contributed by atoms with Crippen molar-refractivity contribution in [1.82, 2.24) is 9.78 Å². The van der Waals surface area contributed by atoms with Crippen LogP contribution in [0.25, 0.3) is 5.69 Å². The number of benzene rings is 3. The number of likely N-dealkylation sites (N-methyl/N-ethyl adjacent to an activating group) is 1. The lowest BCUT2D eigenvalue weighted by Crippen LogP contribution is -2.29. The summed E-state index contributed by atoms with van der Waals surface area (Å²) in [5.74, 6) is -1.27. The zero-order valence-electron chi connectivity index (χ0n) is 20.5. The third-order valence-electron chi connectivity index (χ3n) is 5.79. The molecule has 0 unspecified atom stereocenters.